The normalized spacial score (nSPS) is 16.7. The standard InChI is InChI=1S/C19H24ClN3O2S/c20-19-5-1-3-17(11-19)15-26(24,25)22-13-16-6-9-23(10-7-16)14-18-4-2-8-21-12-18/h1-5,8,11-12,16,22H,6-7,9-10,13-15H2. The molecular formula is C19H24ClN3O2S. The lowest BCUT2D eigenvalue weighted by molar-refractivity contribution is 0.178. The van der Waals surface area contributed by atoms with Crippen molar-refractivity contribution in [2.24, 2.45) is 5.92 Å². The Morgan fingerprint density at radius 3 is 2.62 bits per heavy atom. The Morgan fingerprint density at radius 1 is 1.15 bits per heavy atom. The van der Waals surface area contributed by atoms with Crippen LogP contribution in [-0.4, -0.2) is 37.9 Å². The maximum Gasteiger partial charge on any atom is 0.215 e. The highest BCUT2D eigenvalue weighted by molar-refractivity contribution is 7.88. The molecule has 0 saturated carbocycles. The molecule has 1 aromatic carbocycles. The van der Waals surface area contributed by atoms with Gasteiger partial charge in [-0.3, -0.25) is 9.88 Å². The monoisotopic (exact) mass is 393 g/mol. The number of benzene rings is 1. The molecule has 26 heavy (non-hydrogen) atoms. The number of likely N-dealkylation sites (tertiary alicyclic amines) is 1. The highest BCUT2D eigenvalue weighted by Gasteiger charge is 2.21. The van der Waals surface area contributed by atoms with Crippen LogP contribution < -0.4 is 4.72 Å². The molecule has 5 nitrogen and oxygen atoms in total. The van der Waals surface area contributed by atoms with Crippen LogP contribution in [0.4, 0.5) is 0 Å². The zero-order valence-electron chi connectivity index (χ0n) is 14.6. The fraction of sp³-hybridized carbons (Fsp3) is 0.421. The second kappa shape index (κ2) is 8.95. The highest BCUT2D eigenvalue weighted by atomic mass is 35.5. The summed E-state index contributed by atoms with van der Waals surface area (Å²) < 4.78 is 27.3. The molecule has 0 spiro atoms. The maximum atomic E-state index is 12.3. The Bertz CT molecular complexity index is 807. The summed E-state index contributed by atoms with van der Waals surface area (Å²) >= 11 is 5.92. The number of hydrogen-bond donors (Lipinski definition) is 1. The van der Waals surface area contributed by atoms with Crippen molar-refractivity contribution >= 4 is 21.6 Å². The fourth-order valence-corrected chi connectivity index (χ4v) is 4.66. The molecule has 0 radical (unpaired) electrons. The Balaban J connectivity index is 1.43. The van der Waals surface area contributed by atoms with Crippen molar-refractivity contribution in [2.45, 2.75) is 25.1 Å². The fourth-order valence-electron chi connectivity index (χ4n) is 3.24. The molecule has 7 heteroatoms. The number of nitrogens with zero attached hydrogens (tertiary/aromatic N) is 2. The van der Waals surface area contributed by atoms with Crippen LogP contribution in [0, 0.1) is 5.92 Å². The van der Waals surface area contributed by atoms with Crippen LogP contribution in [0.25, 0.3) is 0 Å². The minimum absolute atomic E-state index is 0.0343. The molecular weight excluding hydrogens is 370 g/mol. The molecule has 0 bridgehead atoms. The molecule has 2 heterocycles. The Labute approximate surface area is 160 Å². The number of piperidine rings is 1. The molecule has 1 aliphatic rings. The largest absolute Gasteiger partial charge is 0.299 e. The summed E-state index contributed by atoms with van der Waals surface area (Å²) in [5, 5.41) is 0.554. The summed E-state index contributed by atoms with van der Waals surface area (Å²) in [6, 6.07) is 11.0. The van der Waals surface area contributed by atoms with Gasteiger partial charge in [0.05, 0.1) is 5.75 Å². The van der Waals surface area contributed by atoms with E-state index in [0.29, 0.717) is 23.0 Å². The lowest BCUT2D eigenvalue weighted by atomic mass is 9.97. The first kappa shape index (κ1) is 19.3. The Morgan fingerprint density at radius 2 is 1.92 bits per heavy atom. The third-order valence-electron chi connectivity index (χ3n) is 4.67. The van der Waals surface area contributed by atoms with Crippen LogP contribution in [0.1, 0.15) is 24.0 Å². The summed E-state index contributed by atoms with van der Waals surface area (Å²) in [4.78, 5) is 6.55. The number of rotatable bonds is 7. The van der Waals surface area contributed by atoms with E-state index in [0.717, 1.165) is 32.5 Å². The molecule has 0 amide bonds. The van der Waals surface area contributed by atoms with Gasteiger partial charge in [0.1, 0.15) is 0 Å². The summed E-state index contributed by atoms with van der Waals surface area (Å²) in [6.45, 7) is 3.37. The molecule has 1 saturated heterocycles. The van der Waals surface area contributed by atoms with Gasteiger partial charge in [-0.05, 0) is 61.2 Å². The number of nitrogens with one attached hydrogen (secondary N) is 1. The summed E-state index contributed by atoms with van der Waals surface area (Å²) in [7, 11) is -3.34. The smallest absolute Gasteiger partial charge is 0.215 e. The lowest BCUT2D eigenvalue weighted by Crippen LogP contribution is -2.38. The topological polar surface area (TPSA) is 62.3 Å². The van der Waals surface area contributed by atoms with Gasteiger partial charge in [0.2, 0.25) is 10.0 Å². The second-order valence-electron chi connectivity index (χ2n) is 6.82. The number of hydrogen-bond acceptors (Lipinski definition) is 4. The van der Waals surface area contributed by atoms with Gasteiger partial charge in [-0.15, -0.1) is 0 Å². The number of sulfonamides is 1. The molecule has 1 aliphatic heterocycles. The zero-order chi connectivity index (χ0) is 18.4. The Hall–Kier alpha value is -1.47. The van der Waals surface area contributed by atoms with Gasteiger partial charge >= 0.3 is 0 Å². The molecule has 0 atom stereocenters. The average molecular weight is 394 g/mol. The first-order valence-corrected chi connectivity index (χ1v) is 10.9. The lowest BCUT2D eigenvalue weighted by Gasteiger charge is -2.31. The van der Waals surface area contributed by atoms with Crippen molar-refractivity contribution < 1.29 is 8.42 Å². The van der Waals surface area contributed by atoms with Crippen LogP contribution in [0.3, 0.4) is 0 Å². The molecule has 1 fully saturated rings. The van der Waals surface area contributed by atoms with Crippen LogP contribution >= 0.6 is 11.6 Å². The molecule has 1 aromatic heterocycles. The second-order valence-corrected chi connectivity index (χ2v) is 9.06. The van der Waals surface area contributed by atoms with Crippen molar-refractivity contribution in [3.8, 4) is 0 Å². The molecule has 2 aromatic rings. The summed E-state index contributed by atoms with van der Waals surface area (Å²) in [5.41, 5.74) is 1.92. The molecule has 3 rings (SSSR count). The number of aromatic nitrogens is 1. The summed E-state index contributed by atoms with van der Waals surface area (Å²) in [6.07, 6.45) is 5.68. The first-order valence-electron chi connectivity index (χ1n) is 8.83. The maximum absolute atomic E-state index is 12.3. The van der Waals surface area contributed by atoms with E-state index >= 15 is 0 Å². The summed E-state index contributed by atoms with van der Waals surface area (Å²) in [5.74, 6) is 0.349. The number of pyridine rings is 1. The predicted molar refractivity (Wildman–Crippen MR) is 104 cm³/mol. The van der Waals surface area contributed by atoms with Crippen molar-refractivity contribution in [3.63, 3.8) is 0 Å². The SMILES string of the molecule is O=S(=O)(Cc1cccc(Cl)c1)NCC1CCN(Cc2cccnc2)CC1. The van der Waals surface area contributed by atoms with E-state index in [4.69, 9.17) is 11.6 Å². The zero-order valence-corrected chi connectivity index (χ0v) is 16.2. The minimum atomic E-state index is -3.34. The van der Waals surface area contributed by atoms with Gasteiger partial charge in [0.15, 0.2) is 0 Å². The van der Waals surface area contributed by atoms with Gasteiger partial charge in [-0.2, -0.15) is 0 Å². The minimum Gasteiger partial charge on any atom is -0.299 e. The van der Waals surface area contributed by atoms with Crippen molar-refractivity contribution in [2.75, 3.05) is 19.6 Å². The van der Waals surface area contributed by atoms with E-state index < -0.39 is 10.0 Å². The van der Waals surface area contributed by atoms with E-state index in [9.17, 15) is 8.42 Å². The third-order valence-corrected chi connectivity index (χ3v) is 6.23. The highest BCUT2D eigenvalue weighted by Crippen LogP contribution is 2.19. The Kier molecular flexibility index (Phi) is 6.64. The van der Waals surface area contributed by atoms with Crippen molar-refractivity contribution in [1.29, 1.82) is 0 Å². The van der Waals surface area contributed by atoms with E-state index in [2.05, 4.69) is 20.7 Å². The van der Waals surface area contributed by atoms with Crippen molar-refractivity contribution in [3.05, 3.63) is 64.9 Å². The van der Waals surface area contributed by atoms with Crippen LogP contribution in [-0.2, 0) is 22.3 Å². The third kappa shape index (κ3) is 6.06. The predicted octanol–water partition coefficient (Wildman–Crippen LogP) is 3.07. The van der Waals surface area contributed by atoms with Gasteiger partial charge < -0.3 is 0 Å². The van der Waals surface area contributed by atoms with Crippen LogP contribution in [0.5, 0.6) is 0 Å². The van der Waals surface area contributed by atoms with Crippen LogP contribution in [0.15, 0.2) is 48.8 Å². The molecule has 140 valence electrons. The molecule has 0 aliphatic carbocycles. The number of halogens is 1. The molecule has 1 N–H and O–H groups in total. The van der Waals surface area contributed by atoms with E-state index in [1.165, 1.54) is 5.56 Å². The molecule has 0 unspecified atom stereocenters. The first-order chi connectivity index (χ1) is 12.5. The van der Waals surface area contributed by atoms with Gasteiger partial charge in [-0.1, -0.05) is 29.8 Å². The van der Waals surface area contributed by atoms with E-state index in [1.807, 2.05) is 12.3 Å². The van der Waals surface area contributed by atoms with Gasteiger partial charge in [0.25, 0.3) is 0 Å². The van der Waals surface area contributed by atoms with Crippen molar-refractivity contribution in [1.82, 2.24) is 14.6 Å². The van der Waals surface area contributed by atoms with Gasteiger partial charge in [-0.25, -0.2) is 13.1 Å². The quantitative estimate of drug-likeness (QED) is 0.785. The van der Waals surface area contributed by atoms with E-state index in [1.54, 1.807) is 30.5 Å². The van der Waals surface area contributed by atoms with E-state index in [-0.39, 0.29) is 5.75 Å². The average Bonchev–Trinajstić information content (AvgIpc) is 2.62. The van der Waals surface area contributed by atoms with Gasteiger partial charge in [0, 0.05) is 30.5 Å². The van der Waals surface area contributed by atoms with Crippen LogP contribution in [0.2, 0.25) is 5.02 Å².